The molecule has 0 aliphatic carbocycles. The van der Waals surface area contributed by atoms with E-state index in [0.29, 0.717) is 18.1 Å². The third-order valence-corrected chi connectivity index (χ3v) is 8.36. The molecule has 0 saturated carbocycles. The fraction of sp³-hybridized carbons (Fsp3) is 0.333. The molecule has 0 amide bonds. The SMILES string of the molecule is CCOc1ccc(S(=O)(=O)N2CC(S(=O)(=O)c3ccc(OC)cc3)C2)cc1. The molecular formula is C18H21NO6S2. The van der Waals surface area contributed by atoms with Gasteiger partial charge in [0.2, 0.25) is 10.0 Å². The van der Waals surface area contributed by atoms with Gasteiger partial charge in [-0.2, -0.15) is 4.31 Å². The van der Waals surface area contributed by atoms with Gasteiger partial charge in [0, 0.05) is 13.1 Å². The Morgan fingerprint density at radius 3 is 1.93 bits per heavy atom. The van der Waals surface area contributed by atoms with Crippen LogP contribution >= 0.6 is 0 Å². The quantitative estimate of drug-likeness (QED) is 0.692. The normalized spacial score (nSPS) is 15.9. The number of hydrogen-bond donors (Lipinski definition) is 0. The average Bonchev–Trinajstić information content (AvgIpc) is 2.61. The fourth-order valence-electron chi connectivity index (χ4n) is 2.77. The van der Waals surface area contributed by atoms with Crippen LogP contribution in [0.4, 0.5) is 0 Å². The van der Waals surface area contributed by atoms with E-state index in [1.165, 1.54) is 35.7 Å². The van der Waals surface area contributed by atoms with Crippen LogP contribution in [0.3, 0.4) is 0 Å². The lowest BCUT2D eigenvalue weighted by molar-refractivity contribution is 0.309. The second-order valence-electron chi connectivity index (χ2n) is 6.07. The average molecular weight is 412 g/mol. The van der Waals surface area contributed by atoms with Crippen LogP contribution in [-0.4, -0.2) is 53.2 Å². The van der Waals surface area contributed by atoms with Gasteiger partial charge in [-0.05, 0) is 55.5 Å². The van der Waals surface area contributed by atoms with E-state index >= 15 is 0 Å². The van der Waals surface area contributed by atoms with E-state index in [1.807, 2.05) is 6.92 Å². The number of ether oxygens (including phenoxy) is 2. The van der Waals surface area contributed by atoms with Crippen molar-refractivity contribution in [2.45, 2.75) is 22.0 Å². The van der Waals surface area contributed by atoms with E-state index in [9.17, 15) is 16.8 Å². The molecule has 9 heteroatoms. The van der Waals surface area contributed by atoms with E-state index < -0.39 is 25.1 Å². The fourth-order valence-corrected chi connectivity index (χ4v) is 6.15. The van der Waals surface area contributed by atoms with Crippen LogP contribution in [0.25, 0.3) is 0 Å². The topological polar surface area (TPSA) is 90.0 Å². The molecule has 0 N–H and O–H groups in total. The molecule has 3 rings (SSSR count). The second-order valence-corrected chi connectivity index (χ2v) is 10.2. The number of benzene rings is 2. The van der Waals surface area contributed by atoms with Crippen LogP contribution in [0.5, 0.6) is 11.5 Å². The molecule has 7 nitrogen and oxygen atoms in total. The third-order valence-electron chi connectivity index (χ3n) is 4.41. The lowest BCUT2D eigenvalue weighted by Gasteiger charge is -2.37. The summed E-state index contributed by atoms with van der Waals surface area (Å²) in [6.07, 6.45) is 0. The minimum Gasteiger partial charge on any atom is -0.497 e. The summed E-state index contributed by atoms with van der Waals surface area (Å²) >= 11 is 0. The molecule has 27 heavy (non-hydrogen) atoms. The highest BCUT2D eigenvalue weighted by molar-refractivity contribution is 7.92. The van der Waals surface area contributed by atoms with Crippen molar-refractivity contribution in [3.05, 3.63) is 48.5 Å². The van der Waals surface area contributed by atoms with Crippen LogP contribution in [0.1, 0.15) is 6.92 Å². The molecule has 0 bridgehead atoms. The van der Waals surface area contributed by atoms with Crippen molar-refractivity contribution in [3.63, 3.8) is 0 Å². The lowest BCUT2D eigenvalue weighted by atomic mass is 10.3. The molecule has 0 aromatic heterocycles. The van der Waals surface area contributed by atoms with Crippen LogP contribution in [-0.2, 0) is 19.9 Å². The van der Waals surface area contributed by atoms with Gasteiger partial charge in [-0.3, -0.25) is 0 Å². The molecule has 2 aromatic rings. The Morgan fingerprint density at radius 2 is 1.41 bits per heavy atom. The maximum atomic E-state index is 12.7. The summed E-state index contributed by atoms with van der Waals surface area (Å²) in [4.78, 5) is 0.276. The van der Waals surface area contributed by atoms with Gasteiger partial charge in [0.1, 0.15) is 11.5 Å². The smallest absolute Gasteiger partial charge is 0.243 e. The monoisotopic (exact) mass is 411 g/mol. The van der Waals surface area contributed by atoms with Crippen LogP contribution in [0.2, 0.25) is 0 Å². The summed E-state index contributed by atoms with van der Waals surface area (Å²) in [5, 5.41) is -0.761. The minimum atomic E-state index is -3.73. The van der Waals surface area contributed by atoms with Crippen molar-refractivity contribution >= 4 is 19.9 Å². The first kappa shape index (κ1) is 19.7. The van der Waals surface area contributed by atoms with Gasteiger partial charge >= 0.3 is 0 Å². The first-order valence-electron chi connectivity index (χ1n) is 8.40. The number of sulfone groups is 1. The third kappa shape index (κ3) is 3.80. The van der Waals surface area contributed by atoms with Gasteiger partial charge in [0.05, 0.1) is 28.8 Å². The number of nitrogens with zero attached hydrogens (tertiary/aromatic N) is 1. The molecule has 0 radical (unpaired) electrons. The van der Waals surface area contributed by atoms with Gasteiger partial charge in [-0.25, -0.2) is 16.8 Å². The summed E-state index contributed by atoms with van der Waals surface area (Å²) in [5.74, 6) is 1.14. The lowest BCUT2D eigenvalue weighted by Crippen LogP contribution is -2.56. The molecular weight excluding hydrogens is 390 g/mol. The molecule has 1 heterocycles. The predicted molar refractivity (Wildman–Crippen MR) is 100 cm³/mol. The highest BCUT2D eigenvalue weighted by atomic mass is 32.2. The Morgan fingerprint density at radius 1 is 0.889 bits per heavy atom. The predicted octanol–water partition coefficient (Wildman–Crippen LogP) is 1.94. The van der Waals surface area contributed by atoms with Crippen LogP contribution in [0, 0.1) is 0 Å². The Labute approximate surface area is 159 Å². The Balaban J connectivity index is 1.71. The first-order chi connectivity index (χ1) is 12.8. The van der Waals surface area contributed by atoms with E-state index in [2.05, 4.69) is 0 Å². The Bertz CT molecular complexity index is 993. The number of hydrogen-bond acceptors (Lipinski definition) is 6. The van der Waals surface area contributed by atoms with Crippen molar-refractivity contribution in [1.82, 2.24) is 4.31 Å². The number of methoxy groups -OCH3 is 1. The molecule has 1 aliphatic heterocycles. The molecule has 0 atom stereocenters. The molecule has 0 spiro atoms. The minimum absolute atomic E-state index is 0.0656. The summed E-state index contributed by atoms with van der Waals surface area (Å²) in [6.45, 7) is 2.20. The standard InChI is InChI=1S/C18H21NO6S2/c1-3-25-15-6-10-17(11-7-15)27(22,23)19-12-18(13-19)26(20,21)16-8-4-14(24-2)5-9-16/h4-11,18H,3,12-13H2,1-2H3. The van der Waals surface area contributed by atoms with Crippen molar-refractivity contribution in [2.24, 2.45) is 0 Å². The van der Waals surface area contributed by atoms with E-state index in [1.54, 1.807) is 24.3 Å². The van der Waals surface area contributed by atoms with Gasteiger partial charge in [0.25, 0.3) is 0 Å². The molecule has 1 fully saturated rings. The zero-order valence-corrected chi connectivity index (χ0v) is 16.7. The van der Waals surface area contributed by atoms with Crippen molar-refractivity contribution < 1.29 is 26.3 Å². The summed E-state index contributed by atoms with van der Waals surface area (Å²) in [5.41, 5.74) is 0. The first-order valence-corrected chi connectivity index (χ1v) is 11.4. The molecule has 1 aliphatic rings. The summed E-state index contributed by atoms with van der Waals surface area (Å²) in [6, 6.07) is 12.2. The maximum Gasteiger partial charge on any atom is 0.243 e. The van der Waals surface area contributed by atoms with E-state index in [-0.39, 0.29) is 22.9 Å². The highest BCUT2D eigenvalue weighted by Gasteiger charge is 2.44. The Hall–Kier alpha value is -2.10. The zero-order chi connectivity index (χ0) is 19.7. The molecule has 1 saturated heterocycles. The molecule has 146 valence electrons. The number of rotatable bonds is 7. The van der Waals surface area contributed by atoms with Gasteiger partial charge in [-0.15, -0.1) is 0 Å². The number of sulfonamides is 1. The maximum absolute atomic E-state index is 12.7. The van der Waals surface area contributed by atoms with Crippen molar-refractivity contribution in [3.8, 4) is 11.5 Å². The van der Waals surface area contributed by atoms with E-state index in [0.717, 1.165) is 0 Å². The highest BCUT2D eigenvalue weighted by Crippen LogP contribution is 2.30. The summed E-state index contributed by atoms with van der Waals surface area (Å²) in [7, 11) is -5.83. The largest absolute Gasteiger partial charge is 0.497 e. The van der Waals surface area contributed by atoms with Gasteiger partial charge < -0.3 is 9.47 Å². The van der Waals surface area contributed by atoms with E-state index in [4.69, 9.17) is 9.47 Å². The summed E-state index contributed by atoms with van der Waals surface area (Å²) < 4.78 is 62.1. The van der Waals surface area contributed by atoms with Gasteiger partial charge in [0.15, 0.2) is 9.84 Å². The Kier molecular flexibility index (Phi) is 5.45. The van der Waals surface area contributed by atoms with Crippen molar-refractivity contribution in [1.29, 1.82) is 0 Å². The molecule has 2 aromatic carbocycles. The van der Waals surface area contributed by atoms with Crippen molar-refractivity contribution in [2.75, 3.05) is 26.8 Å². The molecule has 0 unspecified atom stereocenters. The van der Waals surface area contributed by atoms with Gasteiger partial charge in [-0.1, -0.05) is 0 Å². The zero-order valence-electron chi connectivity index (χ0n) is 15.0. The second kappa shape index (κ2) is 7.49. The van der Waals surface area contributed by atoms with Crippen LogP contribution < -0.4 is 9.47 Å². The van der Waals surface area contributed by atoms with Crippen LogP contribution in [0.15, 0.2) is 58.3 Å².